The fourth-order valence-corrected chi connectivity index (χ4v) is 2.25. The summed E-state index contributed by atoms with van der Waals surface area (Å²) in [5.74, 6) is 1.19. The van der Waals surface area contributed by atoms with Gasteiger partial charge in [0.25, 0.3) is 0 Å². The van der Waals surface area contributed by atoms with E-state index in [0.29, 0.717) is 18.3 Å². The van der Waals surface area contributed by atoms with Gasteiger partial charge < -0.3 is 20.8 Å². The Labute approximate surface area is 139 Å². The Morgan fingerprint density at radius 1 is 0.917 bits per heavy atom. The number of aromatic nitrogens is 2. The molecule has 3 rings (SSSR count). The van der Waals surface area contributed by atoms with Crippen molar-refractivity contribution in [2.75, 3.05) is 23.8 Å². The molecule has 0 radical (unpaired) electrons. The maximum atomic E-state index is 9.58. The molecule has 0 aliphatic heterocycles. The van der Waals surface area contributed by atoms with Crippen molar-refractivity contribution in [3.63, 3.8) is 0 Å². The summed E-state index contributed by atoms with van der Waals surface area (Å²) in [6.07, 6.45) is 0. The van der Waals surface area contributed by atoms with Gasteiger partial charge in [-0.05, 0) is 12.1 Å². The summed E-state index contributed by atoms with van der Waals surface area (Å²) in [7, 11) is 0. The lowest BCUT2D eigenvalue weighted by atomic mass is 10.1. The van der Waals surface area contributed by atoms with Crippen molar-refractivity contribution in [1.82, 2.24) is 9.97 Å². The van der Waals surface area contributed by atoms with Crippen molar-refractivity contribution in [3.8, 4) is 17.0 Å². The Morgan fingerprint density at radius 2 is 1.75 bits per heavy atom. The van der Waals surface area contributed by atoms with Gasteiger partial charge in [-0.3, -0.25) is 0 Å². The second-order valence-corrected chi connectivity index (χ2v) is 5.15. The molecule has 0 bridgehead atoms. The Bertz CT molecular complexity index is 809. The van der Waals surface area contributed by atoms with Crippen LogP contribution in [-0.4, -0.2) is 33.3 Å². The summed E-state index contributed by atoms with van der Waals surface area (Å²) in [6.45, 7) is 0.359. The van der Waals surface area contributed by atoms with Gasteiger partial charge in [0.15, 0.2) is 0 Å². The largest absolute Gasteiger partial charge is 0.508 e. The minimum Gasteiger partial charge on any atom is -0.508 e. The van der Waals surface area contributed by atoms with E-state index in [1.165, 1.54) is 0 Å². The van der Waals surface area contributed by atoms with Gasteiger partial charge in [-0.15, -0.1) is 0 Å². The summed E-state index contributed by atoms with van der Waals surface area (Å²) in [6, 6.07) is 18.4. The van der Waals surface area contributed by atoms with Crippen LogP contribution in [-0.2, 0) is 0 Å². The summed E-state index contributed by atoms with van der Waals surface area (Å²) < 4.78 is 0. The number of phenols is 1. The van der Waals surface area contributed by atoms with Gasteiger partial charge in [-0.1, -0.05) is 36.4 Å². The van der Waals surface area contributed by atoms with Crippen molar-refractivity contribution in [3.05, 3.63) is 60.7 Å². The van der Waals surface area contributed by atoms with Crippen LogP contribution in [0.5, 0.6) is 5.75 Å². The summed E-state index contributed by atoms with van der Waals surface area (Å²) in [5, 5.41) is 24.7. The maximum absolute atomic E-state index is 9.58. The molecule has 0 aliphatic carbocycles. The highest BCUT2D eigenvalue weighted by atomic mass is 16.3. The summed E-state index contributed by atoms with van der Waals surface area (Å²) in [4.78, 5) is 8.87. The number of aliphatic hydroxyl groups is 1. The van der Waals surface area contributed by atoms with E-state index in [1.807, 2.05) is 42.5 Å². The zero-order valence-electron chi connectivity index (χ0n) is 13.0. The average Bonchev–Trinajstić information content (AvgIpc) is 2.60. The van der Waals surface area contributed by atoms with Gasteiger partial charge in [0.2, 0.25) is 5.95 Å². The van der Waals surface area contributed by atoms with Gasteiger partial charge in [0, 0.05) is 29.9 Å². The molecule has 2 aromatic carbocycles. The van der Waals surface area contributed by atoms with Crippen LogP contribution in [0.3, 0.4) is 0 Å². The standard InChI is InChI=1S/C18H18N4O2/c23-10-9-19-18-21-16(13-5-2-1-3-6-13)12-17(22-18)20-14-7-4-8-15(24)11-14/h1-8,11-12,23-24H,9-10H2,(H2,19,20,21,22). The number of nitrogens with one attached hydrogen (secondary N) is 2. The molecular formula is C18H18N4O2. The Balaban J connectivity index is 1.95. The molecule has 0 fully saturated rings. The molecule has 6 nitrogen and oxygen atoms in total. The number of aromatic hydroxyl groups is 1. The molecule has 0 spiro atoms. The second kappa shape index (κ2) is 7.43. The van der Waals surface area contributed by atoms with E-state index in [1.54, 1.807) is 18.2 Å². The molecule has 0 saturated carbocycles. The first-order valence-corrected chi connectivity index (χ1v) is 7.60. The smallest absolute Gasteiger partial charge is 0.225 e. The number of phenolic OH excluding ortho intramolecular Hbond substituents is 1. The summed E-state index contributed by atoms with van der Waals surface area (Å²) >= 11 is 0. The van der Waals surface area contributed by atoms with E-state index < -0.39 is 0 Å². The fourth-order valence-electron chi connectivity index (χ4n) is 2.25. The minimum atomic E-state index is -0.00571. The van der Waals surface area contributed by atoms with E-state index >= 15 is 0 Å². The quantitative estimate of drug-likeness (QED) is 0.558. The molecule has 1 heterocycles. The van der Waals surface area contributed by atoms with Crippen LogP contribution < -0.4 is 10.6 Å². The Morgan fingerprint density at radius 3 is 2.50 bits per heavy atom. The first-order chi connectivity index (χ1) is 11.7. The lowest BCUT2D eigenvalue weighted by Crippen LogP contribution is -2.10. The zero-order chi connectivity index (χ0) is 16.8. The lowest BCUT2D eigenvalue weighted by molar-refractivity contribution is 0.311. The number of aliphatic hydroxyl groups excluding tert-OH is 1. The molecule has 24 heavy (non-hydrogen) atoms. The number of benzene rings is 2. The van der Waals surface area contributed by atoms with Crippen molar-refractivity contribution < 1.29 is 10.2 Å². The summed E-state index contributed by atoms with van der Waals surface area (Å²) in [5.41, 5.74) is 2.44. The predicted octanol–water partition coefficient (Wildman–Crippen LogP) is 3.00. The highest BCUT2D eigenvalue weighted by Crippen LogP contribution is 2.24. The van der Waals surface area contributed by atoms with Crippen LogP contribution in [0.2, 0.25) is 0 Å². The lowest BCUT2D eigenvalue weighted by Gasteiger charge is -2.11. The van der Waals surface area contributed by atoms with E-state index in [0.717, 1.165) is 16.9 Å². The van der Waals surface area contributed by atoms with Crippen LogP contribution in [0.15, 0.2) is 60.7 Å². The average molecular weight is 322 g/mol. The minimum absolute atomic E-state index is 0.00571. The Kier molecular flexibility index (Phi) is 4.88. The van der Waals surface area contributed by atoms with Crippen LogP contribution in [0, 0.1) is 0 Å². The highest BCUT2D eigenvalue weighted by molar-refractivity contribution is 5.67. The first-order valence-electron chi connectivity index (χ1n) is 7.60. The van der Waals surface area contributed by atoms with Gasteiger partial charge in [-0.2, -0.15) is 4.98 Å². The van der Waals surface area contributed by atoms with Crippen molar-refractivity contribution >= 4 is 17.5 Å². The maximum Gasteiger partial charge on any atom is 0.225 e. The van der Waals surface area contributed by atoms with E-state index in [2.05, 4.69) is 20.6 Å². The monoisotopic (exact) mass is 322 g/mol. The predicted molar refractivity (Wildman–Crippen MR) is 94.4 cm³/mol. The fraction of sp³-hybridized carbons (Fsp3) is 0.111. The highest BCUT2D eigenvalue weighted by Gasteiger charge is 2.07. The molecule has 6 heteroatoms. The number of anilines is 3. The van der Waals surface area contributed by atoms with Gasteiger partial charge in [0.05, 0.1) is 12.3 Å². The van der Waals surface area contributed by atoms with Gasteiger partial charge in [-0.25, -0.2) is 4.98 Å². The third kappa shape index (κ3) is 3.99. The number of rotatable bonds is 6. The molecule has 0 unspecified atom stereocenters. The second-order valence-electron chi connectivity index (χ2n) is 5.15. The topological polar surface area (TPSA) is 90.3 Å². The zero-order valence-corrected chi connectivity index (χ0v) is 13.0. The number of hydrogen-bond donors (Lipinski definition) is 4. The van der Waals surface area contributed by atoms with Gasteiger partial charge >= 0.3 is 0 Å². The van der Waals surface area contributed by atoms with Crippen molar-refractivity contribution in [1.29, 1.82) is 0 Å². The number of hydrogen-bond acceptors (Lipinski definition) is 6. The van der Waals surface area contributed by atoms with Gasteiger partial charge in [0.1, 0.15) is 11.6 Å². The third-order valence-electron chi connectivity index (χ3n) is 3.31. The van der Waals surface area contributed by atoms with E-state index in [9.17, 15) is 5.11 Å². The van der Waals surface area contributed by atoms with Crippen LogP contribution in [0.4, 0.5) is 17.5 Å². The van der Waals surface area contributed by atoms with E-state index in [4.69, 9.17) is 5.11 Å². The normalized spacial score (nSPS) is 10.4. The molecule has 4 N–H and O–H groups in total. The first kappa shape index (κ1) is 15.8. The molecule has 0 amide bonds. The van der Waals surface area contributed by atoms with E-state index in [-0.39, 0.29) is 12.4 Å². The molecule has 122 valence electrons. The molecule has 0 aliphatic rings. The van der Waals surface area contributed by atoms with Crippen LogP contribution in [0.25, 0.3) is 11.3 Å². The van der Waals surface area contributed by atoms with Crippen LogP contribution in [0.1, 0.15) is 0 Å². The molecule has 3 aromatic rings. The van der Waals surface area contributed by atoms with Crippen molar-refractivity contribution in [2.24, 2.45) is 0 Å². The number of nitrogens with zero attached hydrogens (tertiary/aromatic N) is 2. The SMILES string of the molecule is OCCNc1nc(Nc2cccc(O)c2)cc(-c2ccccc2)n1. The molecular weight excluding hydrogens is 304 g/mol. The molecule has 0 atom stereocenters. The van der Waals surface area contributed by atoms with Crippen molar-refractivity contribution in [2.45, 2.75) is 0 Å². The Hall–Kier alpha value is -3.12. The molecule has 0 saturated heterocycles. The third-order valence-corrected chi connectivity index (χ3v) is 3.31. The molecule has 1 aromatic heterocycles. The van der Waals surface area contributed by atoms with Crippen LogP contribution >= 0.6 is 0 Å².